The second kappa shape index (κ2) is 8.50. The fourth-order valence-corrected chi connectivity index (χ4v) is 4.12. The first-order chi connectivity index (χ1) is 14.1. The molecule has 4 heteroatoms. The van der Waals surface area contributed by atoms with E-state index in [1.54, 1.807) is 4.90 Å². The zero-order chi connectivity index (χ0) is 20.2. The molecule has 3 aromatic rings. The highest BCUT2D eigenvalue weighted by Crippen LogP contribution is 2.31. The molecule has 1 aliphatic rings. The lowest BCUT2D eigenvalue weighted by Crippen LogP contribution is -2.36. The molecule has 2 N–H and O–H groups in total. The lowest BCUT2D eigenvalue weighted by atomic mass is 9.88. The van der Waals surface area contributed by atoms with Crippen LogP contribution in [0.4, 0.5) is 10.5 Å². The standard InChI is InChI=1S/C25H26N2O2/c1-27(24(19-9-4-2-5-10-19)20-11-6-3-7-12-20)25(29)26-23-14-8-13-18-15-16-21(28)17-22(18)23/h2-14,21,24,28H,15-17H2,1H3,(H,26,29). The van der Waals surface area contributed by atoms with E-state index in [2.05, 4.69) is 11.4 Å². The number of nitrogens with zero attached hydrogens (tertiary/aromatic N) is 1. The average molecular weight is 386 g/mol. The Labute approximate surface area is 171 Å². The summed E-state index contributed by atoms with van der Waals surface area (Å²) in [5.41, 5.74) is 5.16. The quantitative estimate of drug-likeness (QED) is 0.677. The lowest BCUT2D eigenvalue weighted by molar-refractivity contribution is 0.159. The normalized spacial score (nSPS) is 15.6. The van der Waals surface area contributed by atoms with Crippen LogP contribution in [-0.2, 0) is 12.8 Å². The summed E-state index contributed by atoms with van der Waals surface area (Å²) in [7, 11) is 1.82. The molecule has 4 rings (SSSR count). The molecule has 148 valence electrons. The molecule has 4 nitrogen and oxygen atoms in total. The Hall–Kier alpha value is -3.11. The monoisotopic (exact) mass is 386 g/mol. The van der Waals surface area contributed by atoms with Crippen molar-refractivity contribution in [2.24, 2.45) is 0 Å². The number of aliphatic hydroxyl groups excluding tert-OH is 1. The molecular formula is C25H26N2O2. The Balaban J connectivity index is 1.62. The number of hydrogen-bond donors (Lipinski definition) is 2. The number of carbonyl (C=O) groups is 1. The van der Waals surface area contributed by atoms with Gasteiger partial charge in [0.1, 0.15) is 0 Å². The molecule has 29 heavy (non-hydrogen) atoms. The van der Waals surface area contributed by atoms with E-state index in [1.165, 1.54) is 5.56 Å². The number of fused-ring (bicyclic) bond motifs is 1. The largest absolute Gasteiger partial charge is 0.393 e. The van der Waals surface area contributed by atoms with Gasteiger partial charge in [0.05, 0.1) is 12.1 Å². The number of benzene rings is 3. The molecule has 3 aromatic carbocycles. The van der Waals surface area contributed by atoms with Crippen LogP contribution in [0.1, 0.15) is 34.7 Å². The number of aliphatic hydroxyl groups is 1. The second-order valence-corrected chi connectivity index (χ2v) is 7.60. The van der Waals surface area contributed by atoms with Crippen LogP contribution in [0, 0.1) is 0 Å². The van der Waals surface area contributed by atoms with Crippen molar-refractivity contribution in [3.05, 3.63) is 101 Å². The Morgan fingerprint density at radius 1 is 0.966 bits per heavy atom. The summed E-state index contributed by atoms with van der Waals surface area (Å²) in [5, 5.41) is 13.2. The molecular weight excluding hydrogens is 360 g/mol. The molecule has 0 spiro atoms. The molecule has 1 atom stereocenters. The van der Waals surface area contributed by atoms with Crippen LogP contribution in [0.2, 0.25) is 0 Å². The van der Waals surface area contributed by atoms with Crippen molar-refractivity contribution >= 4 is 11.7 Å². The summed E-state index contributed by atoms with van der Waals surface area (Å²) in [5.74, 6) is 0. The maximum Gasteiger partial charge on any atom is 0.322 e. The molecule has 0 saturated carbocycles. The molecule has 0 radical (unpaired) electrons. The predicted molar refractivity (Wildman–Crippen MR) is 116 cm³/mol. The molecule has 0 bridgehead atoms. The van der Waals surface area contributed by atoms with Crippen molar-refractivity contribution < 1.29 is 9.90 Å². The molecule has 1 aliphatic carbocycles. The Morgan fingerprint density at radius 2 is 1.59 bits per heavy atom. The first-order valence-electron chi connectivity index (χ1n) is 10.1. The van der Waals surface area contributed by atoms with Crippen LogP contribution in [0.25, 0.3) is 0 Å². The van der Waals surface area contributed by atoms with Crippen molar-refractivity contribution in [2.45, 2.75) is 31.4 Å². The maximum absolute atomic E-state index is 13.2. The van der Waals surface area contributed by atoms with Crippen LogP contribution >= 0.6 is 0 Å². The second-order valence-electron chi connectivity index (χ2n) is 7.60. The van der Waals surface area contributed by atoms with Crippen LogP contribution < -0.4 is 5.32 Å². The van der Waals surface area contributed by atoms with Gasteiger partial charge in [-0.15, -0.1) is 0 Å². The van der Waals surface area contributed by atoms with E-state index in [0.29, 0.717) is 6.42 Å². The van der Waals surface area contributed by atoms with Gasteiger partial charge in [0.25, 0.3) is 0 Å². The summed E-state index contributed by atoms with van der Waals surface area (Å²) >= 11 is 0. The van der Waals surface area contributed by atoms with Gasteiger partial charge in [-0.25, -0.2) is 4.79 Å². The van der Waals surface area contributed by atoms with Gasteiger partial charge in [0.2, 0.25) is 0 Å². The summed E-state index contributed by atoms with van der Waals surface area (Å²) in [6.45, 7) is 0. The molecule has 0 heterocycles. The molecule has 0 fully saturated rings. The van der Waals surface area contributed by atoms with E-state index < -0.39 is 0 Å². The minimum Gasteiger partial charge on any atom is -0.393 e. The van der Waals surface area contributed by atoms with Gasteiger partial charge in [-0.2, -0.15) is 0 Å². The highest BCUT2D eigenvalue weighted by molar-refractivity contribution is 5.91. The SMILES string of the molecule is CN(C(=O)Nc1cccc2c1CC(O)CC2)C(c1ccccc1)c1ccccc1. The van der Waals surface area contributed by atoms with E-state index in [4.69, 9.17) is 0 Å². The van der Waals surface area contributed by atoms with Crippen molar-refractivity contribution in [1.82, 2.24) is 4.90 Å². The summed E-state index contributed by atoms with van der Waals surface area (Å²) in [4.78, 5) is 15.0. The van der Waals surface area contributed by atoms with Crippen molar-refractivity contribution in [3.63, 3.8) is 0 Å². The van der Waals surface area contributed by atoms with Gasteiger partial charge < -0.3 is 15.3 Å². The van der Waals surface area contributed by atoms with Crippen molar-refractivity contribution in [3.8, 4) is 0 Å². The number of anilines is 1. The van der Waals surface area contributed by atoms with Gasteiger partial charge in [0, 0.05) is 19.2 Å². The van der Waals surface area contributed by atoms with Crippen molar-refractivity contribution in [1.29, 1.82) is 0 Å². The summed E-state index contributed by atoms with van der Waals surface area (Å²) in [6, 6.07) is 25.7. The van der Waals surface area contributed by atoms with Gasteiger partial charge >= 0.3 is 6.03 Å². The van der Waals surface area contributed by atoms with E-state index in [9.17, 15) is 9.90 Å². The van der Waals surface area contributed by atoms with Gasteiger partial charge in [-0.1, -0.05) is 72.8 Å². The number of amides is 2. The summed E-state index contributed by atoms with van der Waals surface area (Å²) < 4.78 is 0. The Kier molecular flexibility index (Phi) is 5.63. The van der Waals surface area contributed by atoms with E-state index in [0.717, 1.165) is 35.2 Å². The highest BCUT2D eigenvalue weighted by atomic mass is 16.3. The third-order valence-electron chi connectivity index (χ3n) is 5.64. The summed E-state index contributed by atoms with van der Waals surface area (Å²) in [6.07, 6.45) is 1.84. The van der Waals surface area contributed by atoms with E-state index in [1.807, 2.05) is 79.8 Å². The van der Waals surface area contributed by atoms with Crippen LogP contribution in [0.3, 0.4) is 0 Å². The number of urea groups is 1. The number of rotatable bonds is 4. The number of carbonyl (C=O) groups excluding carboxylic acids is 1. The minimum atomic E-state index is -0.348. The fourth-order valence-electron chi connectivity index (χ4n) is 4.12. The highest BCUT2D eigenvalue weighted by Gasteiger charge is 2.25. The zero-order valence-corrected chi connectivity index (χ0v) is 16.6. The maximum atomic E-state index is 13.2. The molecule has 2 amide bonds. The predicted octanol–water partition coefficient (Wildman–Crippen LogP) is 4.79. The van der Waals surface area contributed by atoms with Crippen molar-refractivity contribution in [2.75, 3.05) is 12.4 Å². The van der Waals surface area contributed by atoms with Crippen LogP contribution in [0.5, 0.6) is 0 Å². The average Bonchev–Trinajstić information content (AvgIpc) is 2.76. The number of nitrogens with one attached hydrogen (secondary N) is 1. The first kappa shape index (κ1) is 19.2. The first-order valence-corrected chi connectivity index (χ1v) is 10.1. The topological polar surface area (TPSA) is 52.6 Å². The zero-order valence-electron chi connectivity index (χ0n) is 16.6. The van der Waals surface area contributed by atoms with Gasteiger partial charge in [-0.3, -0.25) is 0 Å². The number of hydrogen-bond acceptors (Lipinski definition) is 2. The molecule has 1 unspecified atom stereocenters. The van der Waals surface area contributed by atoms with Crippen LogP contribution in [0.15, 0.2) is 78.9 Å². The third kappa shape index (κ3) is 4.17. The molecule has 0 aromatic heterocycles. The minimum absolute atomic E-state index is 0.170. The molecule has 0 aliphatic heterocycles. The smallest absolute Gasteiger partial charge is 0.322 e. The Morgan fingerprint density at radius 3 is 2.21 bits per heavy atom. The fraction of sp³-hybridized carbons (Fsp3) is 0.240. The molecule has 0 saturated heterocycles. The Bertz CT molecular complexity index is 933. The van der Waals surface area contributed by atoms with E-state index in [-0.39, 0.29) is 18.2 Å². The number of aryl methyl sites for hydroxylation is 1. The third-order valence-corrected chi connectivity index (χ3v) is 5.64. The lowest BCUT2D eigenvalue weighted by Gasteiger charge is -2.30. The van der Waals surface area contributed by atoms with E-state index >= 15 is 0 Å². The van der Waals surface area contributed by atoms with Crippen LogP contribution in [-0.4, -0.2) is 29.2 Å². The van der Waals surface area contributed by atoms with Gasteiger partial charge in [-0.05, 0) is 41.2 Å². The van der Waals surface area contributed by atoms with Gasteiger partial charge in [0.15, 0.2) is 0 Å².